The second-order valence-electron chi connectivity index (χ2n) is 8.08. The van der Waals surface area contributed by atoms with Crippen LogP contribution in [-0.4, -0.2) is 39.7 Å². The zero-order chi connectivity index (χ0) is 18.3. The van der Waals surface area contributed by atoms with Gasteiger partial charge in [-0.3, -0.25) is 0 Å². The summed E-state index contributed by atoms with van der Waals surface area (Å²) < 4.78 is 5.48. The zero-order valence-electron chi connectivity index (χ0n) is 15.6. The summed E-state index contributed by atoms with van der Waals surface area (Å²) in [7, 11) is 0. The summed E-state index contributed by atoms with van der Waals surface area (Å²) in [6.45, 7) is 7.16. The zero-order valence-corrected chi connectivity index (χ0v) is 15.6. The molecule has 4 rings (SSSR count). The number of nitrogens with zero attached hydrogens (tertiary/aromatic N) is 2. The molecule has 3 heterocycles. The second-order valence-corrected chi connectivity index (χ2v) is 8.08. The summed E-state index contributed by atoms with van der Waals surface area (Å²) in [6.07, 6.45) is 3.65. The smallest absolute Gasteiger partial charge is 0.410 e. The van der Waals surface area contributed by atoms with Gasteiger partial charge in [-0.2, -0.15) is 0 Å². The van der Waals surface area contributed by atoms with Crippen LogP contribution in [0.15, 0.2) is 36.5 Å². The number of nitrogens with one attached hydrogen (secondary N) is 1. The summed E-state index contributed by atoms with van der Waals surface area (Å²) in [4.78, 5) is 22.1. The van der Waals surface area contributed by atoms with Crippen molar-refractivity contribution in [3.63, 3.8) is 0 Å². The van der Waals surface area contributed by atoms with Crippen molar-refractivity contribution in [2.45, 2.75) is 45.1 Å². The molecule has 136 valence electrons. The first-order valence-corrected chi connectivity index (χ1v) is 9.25. The van der Waals surface area contributed by atoms with E-state index in [1.807, 2.05) is 37.9 Å². The average molecular weight is 351 g/mol. The first-order chi connectivity index (χ1) is 12.4. The molecule has 0 atom stereocenters. The van der Waals surface area contributed by atoms with E-state index in [0.29, 0.717) is 5.92 Å². The minimum absolute atomic E-state index is 0.207. The summed E-state index contributed by atoms with van der Waals surface area (Å²) in [5.41, 5.74) is 2.86. The number of para-hydroxylation sites is 1. The maximum Gasteiger partial charge on any atom is 0.410 e. The molecule has 0 radical (unpaired) electrons. The highest BCUT2D eigenvalue weighted by Gasteiger charge is 2.27. The first kappa shape index (κ1) is 16.9. The molecule has 1 saturated heterocycles. The Labute approximate surface area is 153 Å². The Kier molecular flexibility index (Phi) is 4.10. The molecule has 1 N–H and O–H groups in total. The van der Waals surface area contributed by atoms with E-state index in [0.717, 1.165) is 37.1 Å². The van der Waals surface area contributed by atoms with Gasteiger partial charge in [-0.15, -0.1) is 0 Å². The van der Waals surface area contributed by atoms with Gasteiger partial charge in [0.15, 0.2) is 0 Å². The molecule has 1 aliphatic heterocycles. The van der Waals surface area contributed by atoms with E-state index in [2.05, 4.69) is 34.2 Å². The molecule has 5 heteroatoms. The highest BCUT2D eigenvalue weighted by molar-refractivity contribution is 6.05. The van der Waals surface area contributed by atoms with Crippen LogP contribution in [-0.2, 0) is 4.74 Å². The molecule has 1 aliphatic rings. The number of amides is 1. The number of H-pyrrole nitrogens is 1. The number of ether oxygens (including phenoxy) is 1. The van der Waals surface area contributed by atoms with Crippen molar-refractivity contribution < 1.29 is 9.53 Å². The SMILES string of the molecule is CC(C)(C)OC(=O)N1CCC(c2cnc3[nH]c4ccccc4c3c2)CC1. The monoisotopic (exact) mass is 351 g/mol. The van der Waals surface area contributed by atoms with Crippen LogP contribution < -0.4 is 0 Å². The van der Waals surface area contributed by atoms with Crippen molar-refractivity contribution in [3.05, 3.63) is 42.1 Å². The molecule has 0 saturated carbocycles. The van der Waals surface area contributed by atoms with Crippen molar-refractivity contribution in [1.82, 2.24) is 14.9 Å². The normalized spacial score (nSPS) is 16.3. The van der Waals surface area contributed by atoms with Crippen LogP contribution >= 0.6 is 0 Å². The minimum Gasteiger partial charge on any atom is -0.444 e. The van der Waals surface area contributed by atoms with Gasteiger partial charge < -0.3 is 14.6 Å². The topological polar surface area (TPSA) is 58.2 Å². The summed E-state index contributed by atoms with van der Waals surface area (Å²) in [6, 6.07) is 10.6. The number of aromatic nitrogens is 2. The van der Waals surface area contributed by atoms with Crippen molar-refractivity contribution in [2.75, 3.05) is 13.1 Å². The standard InChI is InChI=1S/C21H25N3O2/c1-21(2,3)26-20(25)24-10-8-14(9-11-24)15-12-17-16-6-4-5-7-18(16)23-19(17)22-13-15/h4-7,12-14H,8-11H2,1-3H3,(H,22,23). The van der Waals surface area contributed by atoms with Gasteiger partial charge in [0.05, 0.1) is 0 Å². The highest BCUT2D eigenvalue weighted by Crippen LogP contribution is 2.32. The minimum atomic E-state index is -0.446. The Morgan fingerprint density at radius 1 is 1.19 bits per heavy atom. The predicted octanol–water partition coefficient (Wildman–Crippen LogP) is 4.83. The van der Waals surface area contributed by atoms with Crippen LogP contribution in [0.4, 0.5) is 4.79 Å². The number of pyridine rings is 1. The van der Waals surface area contributed by atoms with Crippen molar-refractivity contribution in [2.24, 2.45) is 0 Å². The molecule has 0 bridgehead atoms. The fourth-order valence-corrected chi connectivity index (χ4v) is 3.69. The average Bonchev–Trinajstić information content (AvgIpc) is 2.98. The number of hydrogen-bond donors (Lipinski definition) is 1. The molecule has 1 amide bonds. The summed E-state index contributed by atoms with van der Waals surface area (Å²) >= 11 is 0. The van der Waals surface area contributed by atoms with Gasteiger partial charge >= 0.3 is 6.09 Å². The van der Waals surface area contributed by atoms with Crippen LogP contribution in [0.3, 0.4) is 0 Å². The van der Waals surface area contributed by atoms with Crippen LogP contribution in [0.1, 0.15) is 45.1 Å². The van der Waals surface area contributed by atoms with E-state index < -0.39 is 5.60 Å². The third kappa shape index (κ3) is 3.26. The van der Waals surface area contributed by atoms with E-state index in [1.165, 1.54) is 16.3 Å². The molecule has 1 fully saturated rings. The third-order valence-electron chi connectivity index (χ3n) is 5.00. The quantitative estimate of drug-likeness (QED) is 0.683. The summed E-state index contributed by atoms with van der Waals surface area (Å²) in [5.74, 6) is 0.430. The molecule has 26 heavy (non-hydrogen) atoms. The molecule has 0 aliphatic carbocycles. The number of aromatic amines is 1. The van der Waals surface area contributed by atoms with Gasteiger partial charge in [0.1, 0.15) is 11.2 Å². The highest BCUT2D eigenvalue weighted by atomic mass is 16.6. The van der Waals surface area contributed by atoms with Gasteiger partial charge in [0.2, 0.25) is 0 Å². The maximum absolute atomic E-state index is 12.2. The maximum atomic E-state index is 12.2. The van der Waals surface area contributed by atoms with Gasteiger partial charge in [-0.1, -0.05) is 18.2 Å². The largest absolute Gasteiger partial charge is 0.444 e. The van der Waals surface area contributed by atoms with E-state index in [-0.39, 0.29) is 6.09 Å². The van der Waals surface area contributed by atoms with Crippen LogP contribution in [0.2, 0.25) is 0 Å². The van der Waals surface area contributed by atoms with Crippen molar-refractivity contribution in [3.8, 4) is 0 Å². The van der Waals surface area contributed by atoms with Crippen molar-refractivity contribution in [1.29, 1.82) is 0 Å². The van der Waals surface area contributed by atoms with Gasteiger partial charge in [0, 0.05) is 35.6 Å². The Morgan fingerprint density at radius 3 is 2.65 bits per heavy atom. The number of hydrogen-bond acceptors (Lipinski definition) is 3. The summed E-state index contributed by atoms with van der Waals surface area (Å²) in [5, 5.41) is 2.38. The molecular formula is C21H25N3O2. The lowest BCUT2D eigenvalue weighted by molar-refractivity contribution is 0.0205. The Balaban J connectivity index is 1.51. The number of carbonyl (C=O) groups is 1. The van der Waals surface area contributed by atoms with E-state index >= 15 is 0 Å². The number of fused-ring (bicyclic) bond motifs is 3. The lowest BCUT2D eigenvalue weighted by Crippen LogP contribution is -2.41. The predicted molar refractivity (Wildman–Crippen MR) is 103 cm³/mol. The number of rotatable bonds is 1. The van der Waals surface area contributed by atoms with Crippen LogP contribution in [0.25, 0.3) is 21.9 Å². The Hall–Kier alpha value is -2.56. The molecule has 0 unspecified atom stereocenters. The van der Waals surface area contributed by atoms with Gasteiger partial charge in [-0.25, -0.2) is 9.78 Å². The Morgan fingerprint density at radius 2 is 1.92 bits per heavy atom. The molecule has 2 aromatic heterocycles. The number of benzene rings is 1. The van der Waals surface area contributed by atoms with E-state index in [9.17, 15) is 4.79 Å². The Bertz CT molecular complexity index is 947. The number of likely N-dealkylation sites (tertiary alicyclic amines) is 1. The lowest BCUT2D eigenvalue weighted by Gasteiger charge is -2.33. The first-order valence-electron chi connectivity index (χ1n) is 9.25. The van der Waals surface area contributed by atoms with Crippen LogP contribution in [0, 0.1) is 0 Å². The number of carbonyl (C=O) groups excluding carboxylic acids is 1. The van der Waals surface area contributed by atoms with E-state index in [1.54, 1.807) is 0 Å². The molecular weight excluding hydrogens is 326 g/mol. The van der Waals surface area contributed by atoms with Gasteiger partial charge in [-0.05, 0) is 57.2 Å². The lowest BCUT2D eigenvalue weighted by atomic mass is 9.90. The fourth-order valence-electron chi connectivity index (χ4n) is 3.69. The molecule has 1 aromatic carbocycles. The molecule has 0 spiro atoms. The van der Waals surface area contributed by atoms with E-state index in [4.69, 9.17) is 4.74 Å². The molecule has 3 aromatic rings. The third-order valence-corrected chi connectivity index (χ3v) is 5.00. The fraction of sp³-hybridized carbons (Fsp3) is 0.429. The molecule has 5 nitrogen and oxygen atoms in total. The number of piperidine rings is 1. The van der Waals surface area contributed by atoms with Crippen LogP contribution in [0.5, 0.6) is 0 Å². The van der Waals surface area contributed by atoms with Crippen molar-refractivity contribution >= 4 is 28.0 Å². The second kappa shape index (κ2) is 6.31. The van der Waals surface area contributed by atoms with Gasteiger partial charge in [0.25, 0.3) is 0 Å².